The zero-order valence-electron chi connectivity index (χ0n) is 11.4. The molecule has 0 saturated heterocycles. The number of benzene rings is 2. The van der Waals surface area contributed by atoms with Crippen molar-refractivity contribution in [2.45, 2.75) is 0 Å². The molecule has 2 aromatic carbocycles. The van der Waals surface area contributed by atoms with E-state index in [0.29, 0.717) is 15.2 Å². The molecule has 0 spiro atoms. The molecule has 5 heteroatoms. The van der Waals surface area contributed by atoms with Crippen molar-refractivity contribution in [2.75, 3.05) is 0 Å². The van der Waals surface area contributed by atoms with Crippen LogP contribution in [-0.4, -0.2) is 4.98 Å². The third-order valence-corrected chi connectivity index (χ3v) is 6.04. The molecular formula is C17H11Cl3NP. The van der Waals surface area contributed by atoms with E-state index in [4.69, 9.17) is 34.8 Å². The van der Waals surface area contributed by atoms with Crippen molar-refractivity contribution in [3.8, 4) is 0 Å². The van der Waals surface area contributed by atoms with Gasteiger partial charge < -0.3 is 0 Å². The van der Waals surface area contributed by atoms with Crippen molar-refractivity contribution in [1.82, 2.24) is 4.98 Å². The minimum Gasteiger partial charge on any atom is -0.236 e. The molecule has 3 aromatic rings. The van der Waals surface area contributed by atoms with Crippen LogP contribution in [0.25, 0.3) is 0 Å². The van der Waals surface area contributed by atoms with Crippen LogP contribution >= 0.6 is 42.7 Å². The number of hydrogen-bond donors (Lipinski definition) is 0. The molecule has 0 unspecified atom stereocenters. The summed E-state index contributed by atoms with van der Waals surface area (Å²) in [6.45, 7) is 0. The number of halogens is 3. The Morgan fingerprint density at radius 2 is 1.23 bits per heavy atom. The number of rotatable bonds is 3. The fourth-order valence-electron chi connectivity index (χ4n) is 2.17. The van der Waals surface area contributed by atoms with Gasteiger partial charge in [0.1, 0.15) is 5.15 Å². The molecule has 110 valence electrons. The summed E-state index contributed by atoms with van der Waals surface area (Å²) in [5.41, 5.74) is 0.923. The van der Waals surface area contributed by atoms with Crippen molar-refractivity contribution in [2.24, 2.45) is 0 Å². The lowest BCUT2D eigenvalue weighted by molar-refractivity contribution is 1.39. The Morgan fingerprint density at radius 1 is 0.682 bits per heavy atom. The second-order valence-corrected chi connectivity index (χ2v) is 8.04. The van der Waals surface area contributed by atoms with Crippen molar-refractivity contribution >= 4 is 58.8 Å². The van der Waals surface area contributed by atoms with Gasteiger partial charge in [-0.2, -0.15) is 0 Å². The minimum atomic E-state index is -0.859. The molecule has 0 saturated carbocycles. The Morgan fingerprint density at radius 3 is 1.73 bits per heavy atom. The van der Waals surface area contributed by atoms with E-state index in [1.165, 1.54) is 0 Å². The first-order chi connectivity index (χ1) is 10.6. The lowest BCUT2D eigenvalue weighted by atomic mass is 10.4. The molecule has 0 amide bonds. The fraction of sp³-hybridized carbons (Fsp3) is 0. The van der Waals surface area contributed by atoms with Gasteiger partial charge in [0.25, 0.3) is 0 Å². The second kappa shape index (κ2) is 6.98. The molecule has 1 aromatic heterocycles. The first kappa shape index (κ1) is 15.8. The zero-order valence-corrected chi connectivity index (χ0v) is 14.5. The van der Waals surface area contributed by atoms with Crippen LogP contribution in [0, 0.1) is 0 Å². The lowest BCUT2D eigenvalue weighted by Crippen LogP contribution is -2.22. The molecule has 0 fully saturated rings. The summed E-state index contributed by atoms with van der Waals surface area (Å²) in [6.07, 6.45) is 0. The van der Waals surface area contributed by atoms with E-state index in [0.717, 1.165) is 16.0 Å². The highest BCUT2D eigenvalue weighted by Gasteiger charge is 2.18. The Bertz CT molecular complexity index is 699. The minimum absolute atomic E-state index is 0.481. The second-order valence-electron chi connectivity index (χ2n) is 4.61. The Labute approximate surface area is 145 Å². The predicted molar refractivity (Wildman–Crippen MR) is 98.0 cm³/mol. The highest BCUT2D eigenvalue weighted by molar-refractivity contribution is 7.79. The Balaban J connectivity index is 2.18. The maximum atomic E-state index is 6.16. The van der Waals surface area contributed by atoms with Gasteiger partial charge in [0, 0.05) is 18.0 Å². The van der Waals surface area contributed by atoms with E-state index in [2.05, 4.69) is 17.1 Å². The van der Waals surface area contributed by atoms with Gasteiger partial charge in [-0.05, 0) is 47.0 Å². The van der Waals surface area contributed by atoms with Gasteiger partial charge in [-0.15, -0.1) is 0 Å². The summed E-state index contributed by atoms with van der Waals surface area (Å²) in [5, 5.41) is 4.11. The Hall–Kier alpha value is -1.11. The van der Waals surface area contributed by atoms with Gasteiger partial charge in [-0.25, -0.2) is 4.98 Å². The summed E-state index contributed by atoms with van der Waals surface area (Å²) < 4.78 is 0. The third kappa shape index (κ3) is 3.62. The molecule has 0 aliphatic carbocycles. The molecule has 3 rings (SSSR count). The van der Waals surface area contributed by atoms with Crippen molar-refractivity contribution in [3.05, 3.63) is 81.9 Å². The van der Waals surface area contributed by atoms with E-state index >= 15 is 0 Å². The number of pyridine rings is 1. The molecule has 0 aliphatic rings. The monoisotopic (exact) mass is 365 g/mol. The largest absolute Gasteiger partial charge is 0.236 e. The highest BCUT2D eigenvalue weighted by Crippen LogP contribution is 2.33. The molecule has 0 bridgehead atoms. The van der Waals surface area contributed by atoms with E-state index < -0.39 is 7.92 Å². The van der Waals surface area contributed by atoms with Gasteiger partial charge in [0.15, 0.2) is 0 Å². The van der Waals surface area contributed by atoms with Crippen LogP contribution in [0.5, 0.6) is 0 Å². The standard InChI is InChI=1S/C17H11Cl3NP/c18-12-4-1-6-14(10-12)22(15-7-2-5-13(19)11-15)17-9-3-8-16(20)21-17/h1-11H. The average molecular weight is 367 g/mol. The predicted octanol–water partition coefficient (Wildman–Crippen LogP) is 4.80. The van der Waals surface area contributed by atoms with E-state index in [9.17, 15) is 0 Å². The third-order valence-electron chi connectivity index (χ3n) is 3.06. The quantitative estimate of drug-likeness (QED) is 0.479. The molecule has 22 heavy (non-hydrogen) atoms. The topological polar surface area (TPSA) is 12.9 Å². The SMILES string of the molecule is Clc1cccc(P(c2cccc(Cl)c2)c2cccc(Cl)n2)c1. The van der Waals surface area contributed by atoms with E-state index in [-0.39, 0.29) is 0 Å². The summed E-state index contributed by atoms with van der Waals surface area (Å²) >= 11 is 18.4. The van der Waals surface area contributed by atoms with Gasteiger partial charge in [0.05, 0.1) is 5.44 Å². The maximum absolute atomic E-state index is 6.16. The lowest BCUT2D eigenvalue weighted by Gasteiger charge is -2.18. The maximum Gasteiger partial charge on any atom is 0.129 e. The summed E-state index contributed by atoms with van der Waals surface area (Å²) in [7, 11) is -0.859. The number of hydrogen-bond acceptors (Lipinski definition) is 1. The summed E-state index contributed by atoms with van der Waals surface area (Å²) in [4.78, 5) is 4.49. The highest BCUT2D eigenvalue weighted by atomic mass is 35.5. The molecule has 0 radical (unpaired) electrons. The number of aromatic nitrogens is 1. The van der Waals surface area contributed by atoms with Crippen molar-refractivity contribution in [3.63, 3.8) is 0 Å². The molecule has 1 nitrogen and oxygen atoms in total. The molecule has 0 aliphatic heterocycles. The Kier molecular flexibility index (Phi) is 5.00. The van der Waals surface area contributed by atoms with Crippen LogP contribution in [0.2, 0.25) is 15.2 Å². The van der Waals surface area contributed by atoms with Crippen molar-refractivity contribution < 1.29 is 0 Å². The van der Waals surface area contributed by atoms with E-state index in [1.54, 1.807) is 6.07 Å². The normalized spacial score (nSPS) is 10.9. The van der Waals surface area contributed by atoms with Gasteiger partial charge in [0.2, 0.25) is 0 Å². The van der Waals surface area contributed by atoms with Crippen LogP contribution in [-0.2, 0) is 0 Å². The van der Waals surface area contributed by atoms with E-state index in [1.807, 2.05) is 48.5 Å². The average Bonchev–Trinajstić information content (AvgIpc) is 2.48. The van der Waals surface area contributed by atoms with Crippen LogP contribution in [0.3, 0.4) is 0 Å². The molecule has 0 N–H and O–H groups in total. The smallest absolute Gasteiger partial charge is 0.129 e. The van der Waals surface area contributed by atoms with Crippen LogP contribution in [0.4, 0.5) is 0 Å². The number of nitrogens with zero attached hydrogens (tertiary/aromatic N) is 1. The van der Waals surface area contributed by atoms with Gasteiger partial charge in [-0.1, -0.05) is 65.1 Å². The van der Waals surface area contributed by atoms with Crippen molar-refractivity contribution in [1.29, 1.82) is 0 Å². The summed E-state index contributed by atoms with van der Waals surface area (Å²) in [5.74, 6) is 0. The first-order valence-corrected chi connectivity index (χ1v) is 9.05. The summed E-state index contributed by atoms with van der Waals surface area (Å²) in [6, 6.07) is 21.3. The van der Waals surface area contributed by atoms with Crippen LogP contribution in [0.1, 0.15) is 0 Å². The molecular weight excluding hydrogens is 356 g/mol. The van der Waals surface area contributed by atoms with Gasteiger partial charge in [-0.3, -0.25) is 0 Å². The molecule has 0 atom stereocenters. The van der Waals surface area contributed by atoms with Gasteiger partial charge >= 0.3 is 0 Å². The van der Waals surface area contributed by atoms with Crippen LogP contribution in [0.15, 0.2) is 66.7 Å². The zero-order chi connectivity index (χ0) is 15.5. The molecule has 1 heterocycles. The fourth-order valence-corrected chi connectivity index (χ4v) is 5.20. The first-order valence-electron chi connectivity index (χ1n) is 6.57. The van der Waals surface area contributed by atoms with Crippen LogP contribution < -0.4 is 16.0 Å².